The lowest BCUT2D eigenvalue weighted by Gasteiger charge is -2.47. The van der Waals surface area contributed by atoms with Crippen LogP contribution in [0.25, 0.3) is 0 Å². The van der Waals surface area contributed by atoms with E-state index in [-0.39, 0.29) is 0 Å². The minimum atomic E-state index is 0.668. The maximum atomic E-state index is 3.82. The van der Waals surface area contributed by atoms with Crippen molar-refractivity contribution in [3.05, 3.63) is 21.9 Å². The first kappa shape index (κ1) is 15.5. The molecular weight excluding hydrogens is 276 g/mol. The summed E-state index contributed by atoms with van der Waals surface area (Å²) in [6.07, 6.45) is 6.56. The molecule has 0 aromatic carbocycles. The maximum Gasteiger partial charge on any atom is 0.0363 e. The Morgan fingerprint density at radius 1 is 1.43 bits per heavy atom. The minimum absolute atomic E-state index is 0.668. The van der Waals surface area contributed by atoms with Gasteiger partial charge >= 0.3 is 0 Å². The zero-order chi connectivity index (χ0) is 14.8. The van der Waals surface area contributed by atoms with E-state index in [1.807, 2.05) is 11.3 Å². The third-order valence-electron chi connectivity index (χ3n) is 5.71. The van der Waals surface area contributed by atoms with E-state index in [4.69, 9.17) is 0 Å². The van der Waals surface area contributed by atoms with Gasteiger partial charge in [0.1, 0.15) is 0 Å². The molecule has 0 amide bonds. The molecule has 1 fully saturated rings. The van der Waals surface area contributed by atoms with Gasteiger partial charge in [-0.05, 0) is 48.6 Å². The lowest BCUT2D eigenvalue weighted by Crippen LogP contribution is -2.59. The first-order valence-corrected chi connectivity index (χ1v) is 9.67. The van der Waals surface area contributed by atoms with Crippen LogP contribution in [0, 0.1) is 5.92 Å². The molecule has 1 N–H and O–H groups in total. The SMILES string of the molecule is CCC(C)C1CN(C2CCCc3sccc32)C(CC)CN1. The van der Waals surface area contributed by atoms with E-state index >= 15 is 0 Å². The normalized spacial score (nSPS) is 31.9. The Hall–Kier alpha value is -0.380. The van der Waals surface area contributed by atoms with Crippen molar-refractivity contribution in [2.75, 3.05) is 13.1 Å². The van der Waals surface area contributed by atoms with Gasteiger partial charge in [-0.3, -0.25) is 4.90 Å². The number of nitrogens with zero attached hydrogens (tertiary/aromatic N) is 1. The van der Waals surface area contributed by atoms with Crippen molar-refractivity contribution < 1.29 is 0 Å². The Balaban J connectivity index is 1.81. The molecule has 0 radical (unpaired) electrons. The molecular formula is C18H30N2S. The van der Waals surface area contributed by atoms with Gasteiger partial charge in [0.2, 0.25) is 0 Å². The van der Waals surface area contributed by atoms with Crippen LogP contribution >= 0.6 is 11.3 Å². The van der Waals surface area contributed by atoms with Crippen LogP contribution in [0.3, 0.4) is 0 Å². The Morgan fingerprint density at radius 3 is 3.05 bits per heavy atom. The standard InChI is InChI=1S/C18H30N2S/c1-4-13(3)16-12-20(14(5-2)11-19-16)17-7-6-8-18-15(17)9-10-21-18/h9-10,13-14,16-17,19H,4-8,11-12H2,1-3H3. The summed E-state index contributed by atoms with van der Waals surface area (Å²) in [6.45, 7) is 9.47. The highest BCUT2D eigenvalue weighted by atomic mass is 32.1. The smallest absolute Gasteiger partial charge is 0.0363 e. The van der Waals surface area contributed by atoms with E-state index in [9.17, 15) is 0 Å². The fraction of sp³-hybridized carbons (Fsp3) is 0.778. The van der Waals surface area contributed by atoms with Gasteiger partial charge < -0.3 is 5.32 Å². The van der Waals surface area contributed by atoms with Crippen LogP contribution in [0.15, 0.2) is 11.4 Å². The summed E-state index contributed by atoms with van der Waals surface area (Å²) in [5.74, 6) is 0.774. The molecule has 118 valence electrons. The largest absolute Gasteiger partial charge is 0.311 e. The predicted octanol–water partition coefficient (Wildman–Crippen LogP) is 4.22. The second-order valence-electron chi connectivity index (χ2n) is 6.87. The van der Waals surface area contributed by atoms with Crippen LogP contribution in [0.5, 0.6) is 0 Å². The van der Waals surface area contributed by atoms with Crippen molar-refractivity contribution in [1.82, 2.24) is 10.2 Å². The van der Waals surface area contributed by atoms with Crippen LogP contribution in [0.1, 0.15) is 62.9 Å². The lowest BCUT2D eigenvalue weighted by molar-refractivity contribution is 0.0562. The molecule has 1 aliphatic heterocycles. The highest BCUT2D eigenvalue weighted by molar-refractivity contribution is 7.10. The van der Waals surface area contributed by atoms with E-state index < -0.39 is 0 Å². The number of fused-ring (bicyclic) bond motifs is 1. The average molecular weight is 307 g/mol. The lowest BCUT2D eigenvalue weighted by atomic mass is 9.88. The fourth-order valence-corrected chi connectivity index (χ4v) is 5.06. The molecule has 2 aliphatic rings. The number of hydrogen-bond donors (Lipinski definition) is 1. The maximum absolute atomic E-state index is 3.82. The van der Waals surface area contributed by atoms with E-state index in [2.05, 4.69) is 42.4 Å². The quantitative estimate of drug-likeness (QED) is 0.896. The Bertz CT molecular complexity index is 456. The summed E-state index contributed by atoms with van der Waals surface area (Å²) < 4.78 is 0. The molecule has 0 spiro atoms. The van der Waals surface area contributed by atoms with Crippen LogP contribution < -0.4 is 5.32 Å². The third-order valence-corrected chi connectivity index (χ3v) is 6.71. The molecule has 3 heteroatoms. The van der Waals surface area contributed by atoms with E-state index in [0.29, 0.717) is 18.1 Å². The topological polar surface area (TPSA) is 15.3 Å². The Labute approximate surface area is 133 Å². The predicted molar refractivity (Wildman–Crippen MR) is 92.0 cm³/mol. The van der Waals surface area contributed by atoms with Gasteiger partial charge in [0.25, 0.3) is 0 Å². The van der Waals surface area contributed by atoms with Crippen LogP contribution in [-0.4, -0.2) is 30.1 Å². The molecule has 1 aliphatic carbocycles. The Kier molecular flexibility index (Phi) is 5.03. The molecule has 1 aromatic heterocycles. The van der Waals surface area contributed by atoms with Crippen molar-refractivity contribution in [3.8, 4) is 0 Å². The molecule has 0 bridgehead atoms. The number of thiophene rings is 1. The van der Waals surface area contributed by atoms with Crippen molar-refractivity contribution in [1.29, 1.82) is 0 Å². The zero-order valence-corrected chi connectivity index (χ0v) is 14.6. The minimum Gasteiger partial charge on any atom is -0.311 e. The van der Waals surface area contributed by atoms with Crippen molar-refractivity contribution in [2.45, 2.75) is 71.0 Å². The van der Waals surface area contributed by atoms with Gasteiger partial charge in [0.15, 0.2) is 0 Å². The molecule has 2 nitrogen and oxygen atoms in total. The van der Waals surface area contributed by atoms with Gasteiger partial charge in [0.05, 0.1) is 0 Å². The highest BCUT2D eigenvalue weighted by Crippen LogP contribution is 2.39. The second-order valence-corrected chi connectivity index (χ2v) is 7.87. The number of rotatable bonds is 4. The van der Waals surface area contributed by atoms with Crippen molar-refractivity contribution in [3.63, 3.8) is 0 Å². The summed E-state index contributed by atoms with van der Waals surface area (Å²) in [5, 5.41) is 6.12. The van der Waals surface area contributed by atoms with Crippen LogP contribution in [0.2, 0.25) is 0 Å². The first-order chi connectivity index (χ1) is 10.2. The molecule has 1 aromatic rings. The molecule has 2 heterocycles. The van der Waals surface area contributed by atoms with Crippen molar-refractivity contribution >= 4 is 11.3 Å². The number of hydrogen-bond acceptors (Lipinski definition) is 3. The summed E-state index contributed by atoms with van der Waals surface area (Å²) in [7, 11) is 0. The van der Waals surface area contributed by atoms with E-state index in [0.717, 1.165) is 5.92 Å². The second kappa shape index (κ2) is 6.80. The number of piperazine rings is 1. The monoisotopic (exact) mass is 306 g/mol. The fourth-order valence-electron chi connectivity index (χ4n) is 4.08. The summed E-state index contributed by atoms with van der Waals surface area (Å²) in [4.78, 5) is 4.50. The van der Waals surface area contributed by atoms with Gasteiger partial charge in [-0.15, -0.1) is 11.3 Å². The van der Waals surface area contributed by atoms with E-state index in [1.165, 1.54) is 45.2 Å². The highest BCUT2D eigenvalue weighted by Gasteiger charge is 2.36. The molecule has 4 atom stereocenters. The van der Waals surface area contributed by atoms with Gasteiger partial charge in [0, 0.05) is 36.1 Å². The molecule has 1 saturated heterocycles. The van der Waals surface area contributed by atoms with Crippen molar-refractivity contribution in [2.24, 2.45) is 5.92 Å². The van der Waals surface area contributed by atoms with E-state index in [1.54, 1.807) is 10.4 Å². The molecule has 21 heavy (non-hydrogen) atoms. The van der Waals surface area contributed by atoms with Crippen LogP contribution in [0.4, 0.5) is 0 Å². The summed E-state index contributed by atoms with van der Waals surface area (Å²) >= 11 is 1.97. The molecule has 0 saturated carbocycles. The number of aryl methyl sites for hydroxylation is 1. The molecule has 4 unspecified atom stereocenters. The average Bonchev–Trinajstić information content (AvgIpc) is 3.02. The first-order valence-electron chi connectivity index (χ1n) is 8.80. The van der Waals surface area contributed by atoms with Gasteiger partial charge in [-0.2, -0.15) is 0 Å². The van der Waals surface area contributed by atoms with Crippen LogP contribution in [-0.2, 0) is 6.42 Å². The zero-order valence-electron chi connectivity index (χ0n) is 13.8. The third kappa shape index (κ3) is 3.06. The number of nitrogens with one attached hydrogen (secondary N) is 1. The summed E-state index contributed by atoms with van der Waals surface area (Å²) in [5.41, 5.74) is 1.65. The van der Waals surface area contributed by atoms with Gasteiger partial charge in [-0.25, -0.2) is 0 Å². The van der Waals surface area contributed by atoms with Gasteiger partial charge in [-0.1, -0.05) is 27.2 Å². The molecule has 3 rings (SSSR count). The Morgan fingerprint density at radius 2 is 2.29 bits per heavy atom. The summed E-state index contributed by atoms with van der Waals surface area (Å²) in [6, 6.07) is 4.46.